The molecule has 0 saturated heterocycles. The largest absolute Gasteiger partial charge is 0.507 e. The van der Waals surface area contributed by atoms with Gasteiger partial charge in [-0.1, -0.05) is 19.8 Å². The van der Waals surface area contributed by atoms with Crippen molar-refractivity contribution < 1.29 is 19.5 Å². The van der Waals surface area contributed by atoms with Gasteiger partial charge in [-0.05, 0) is 32.8 Å². The van der Waals surface area contributed by atoms with E-state index in [0.29, 0.717) is 16.8 Å². The molecule has 0 aliphatic carbocycles. The standard InChI is InChI=1S/C14H27NO3/c1-4-7-8-9-10-13(16)11-15(5-2,6-3)12-14(17)18/h10H,4-9,11-12H2,1-3H3,(H-,16,17,18)/p+1/b13-10-. The van der Waals surface area contributed by atoms with Crippen LogP contribution in [0.4, 0.5) is 0 Å². The SMILES string of the molecule is CCCCC/C=C(\O)C[N+](CC)(CC)CC(=O)O. The highest BCUT2D eigenvalue weighted by Crippen LogP contribution is 2.11. The highest BCUT2D eigenvalue weighted by Gasteiger charge is 2.27. The maximum Gasteiger partial charge on any atom is 0.359 e. The molecule has 0 radical (unpaired) electrons. The number of aliphatic carboxylic acids is 1. The second-order valence-electron chi connectivity index (χ2n) is 4.88. The van der Waals surface area contributed by atoms with Gasteiger partial charge in [-0.25, -0.2) is 4.79 Å². The topological polar surface area (TPSA) is 57.5 Å². The zero-order valence-corrected chi connectivity index (χ0v) is 12.0. The molecule has 4 nitrogen and oxygen atoms in total. The van der Waals surface area contributed by atoms with Crippen LogP contribution in [0.2, 0.25) is 0 Å². The Balaban J connectivity index is 4.42. The molecule has 0 aromatic heterocycles. The fourth-order valence-electron chi connectivity index (χ4n) is 2.08. The molecular formula is C14H28NO3+. The highest BCUT2D eigenvalue weighted by atomic mass is 16.4. The Kier molecular flexibility index (Phi) is 8.46. The summed E-state index contributed by atoms with van der Waals surface area (Å²) in [6, 6.07) is 0. The normalized spacial score (nSPS) is 12.7. The molecule has 0 rings (SSSR count). The first-order valence-electron chi connectivity index (χ1n) is 6.94. The predicted octanol–water partition coefficient (Wildman–Crippen LogP) is 2.95. The Morgan fingerprint density at radius 2 is 1.67 bits per heavy atom. The number of aliphatic hydroxyl groups is 1. The molecule has 0 unspecified atom stereocenters. The van der Waals surface area contributed by atoms with Crippen molar-refractivity contribution in [1.29, 1.82) is 0 Å². The molecule has 0 bridgehead atoms. The van der Waals surface area contributed by atoms with Gasteiger partial charge in [0.1, 0.15) is 12.3 Å². The second-order valence-corrected chi connectivity index (χ2v) is 4.88. The Morgan fingerprint density at radius 1 is 1.06 bits per heavy atom. The lowest BCUT2D eigenvalue weighted by atomic mass is 10.2. The van der Waals surface area contributed by atoms with Crippen molar-refractivity contribution in [3.8, 4) is 0 Å². The van der Waals surface area contributed by atoms with Crippen LogP contribution in [0, 0.1) is 0 Å². The van der Waals surface area contributed by atoms with E-state index in [1.54, 1.807) is 0 Å². The molecule has 0 heterocycles. The van der Waals surface area contributed by atoms with Crippen LogP contribution < -0.4 is 0 Å². The maximum absolute atomic E-state index is 10.9. The minimum Gasteiger partial charge on any atom is -0.507 e. The van der Waals surface area contributed by atoms with Crippen LogP contribution in [-0.4, -0.2) is 46.8 Å². The van der Waals surface area contributed by atoms with Gasteiger partial charge >= 0.3 is 5.97 Å². The second kappa shape index (κ2) is 8.97. The third kappa shape index (κ3) is 6.64. The number of unbranched alkanes of at least 4 members (excludes halogenated alkanes) is 3. The summed E-state index contributed by atoms with van der Waals surface area (Å²) in [7, 11) is 0. The number of carbonyl (C=O) groups is 1. The quantitative estimate of drug-likeness (QED) is 0.360. The van der Waals surface area contributed by atoms with Gasteiger partial charge in [0.15, 0.2) is 6.54 Å². The Bertz CT molecular complexity index is 270. The van der Waals surface area contributed by atoms with E-state index in [-0.39, 0.29) is 6.54 Å². The van der Waals surface area contributed by atoms with Crippen LogP contribution in [0.25, 0.3) is 0 Å². The van der Waals surface area contributed by atoms with E-state index < -0.39 is 5.97 Å². The zero-order chi connectivity index (χ0) is 14.0. The van der Waals surface area contributed by atoms with Crippen LogP contribution >= 0.6 is 0 Å². The van der Waals surface area contributed by atoms with Gasteiger partial charge in [0.25, 0.3) is 0 Å². The van der Waals surface area contributed by atoms with Crippen LogP contribution in [0.5, 0.6) is 0 Å². The van der Waals surface area contributed by atoms with Crippen molar-refractivity contribution in [2.45, 2.75) is 46.5 Å². The number of carboxylic acid groups (broad SMARTS) is 1. The third-order valence-corrected chi connectivity index (χ3v) is 3.50. The van der Waals surface area contributed by atoms with Crippen molar-refractivity contribution in [2.24, 2.45) is 0 Å². The summed E-state index contributed by atoms with van der Waals surface area (Å²) < 4.78 is 0.408. The van der Waals surface area contributed by atoms with Crippen LogP contribution in [0.15, 0.2) is 11.8 Å². The van der Waals surface area contributed by atoms with Crippen LogP contribution in [0.3, 0.4) is 0 Å². The van der Waals surface area contributed by atoms with Gasteiger partial charge in [-0.2, -0.15) is 0 Å². The number of quaternary nitrogens is 1. The fraction of sp³-hybridized carbons (Fsp3) is 0.786. The zero-order valence-electron chi connectivity index (χ0n) is 12.0. The predicted molar refractivity (Wildman–Crippen MR) is 73.6 cm³/mol. The number of hydrogen-bond donors (Lipinski definition) is 2. The molecule has 0 atom stereocenters. The van der Waals surface area contributed by atoms with E-state index in [9.17, 15) is 9.90 Å². The summed E-state index contributed by atoms with van der Waals surface area (Å²) in [6.45, 7) is 8.01. The molecular weight excluding hydrogens is 230 g/mol. The number of nitrogens with zero attached hydrogens (tertiary/aromatic N) is 1. The van der Waals surface area contributed by atoms with Crippen LogP contribution in [-0.2, 0) is 4.79 Å². The lowest BCUT2D eigenvalue weighted by Gasteiger charge is -2.34. The molecule has 0 aliphatic heterocycles. The summed E-state index contributed by atoms with van der Waals surface area (Å²) in [5, 5.41) is 18.9. The van der Waals surface area contributed by atoms with Crippen molar-refractivity contribution >= 4 is 5.97 Å². The number of hydrogen-bond acceptors (Lipinski definition) is 2. The van der Waals surface area contributed by atoms with Crippen molar-refractivity contribution in [3.63, 3.8) is 0 Å². The molecule has 0 fully saturated rings. The van der Waals surface area contributed by atoms with Gasteiger partial charge in [-0.15, -0.1) is 0 Å². The third-order valence-electron chi connectivity index (χ3n) is 3.50. The maximum atomic E-state index is 10.9. The lowest BCUT2D eigenvalue weighted by molar-refractivity contribution is -0.914. The molecule has 18 heavy (non-hydrogen) atoms. The Hall–Kier alpha value is -1.03. The van der Waals surface area contributed by atoms with E-state index >= 15 is 0 Å². The van der Waals surface area contributed by atoms with E-state index in [2.05, 4.69) is 6.92 Å². The van der Waals surface area contributed by atoms with E-state index in [4.69, 9.17) is 5.11 Å². The average molecular weight is 258 g/mol. The summed E-state index contributed by atoms with van der Waals surface area (Å²) in [6.07, 6.45) is 6.13. The van der Waals surface area contributed by atoms with Gasteiger partial charge in [0, 0.05) is 0 Å². The first-order valence-corrected chi connectivity index (χ1v) is 6.94. The molecule has 0 saturated carbocycles. The molecule has 0 aromatic rings. The number of allylic oxidation sites excluding steroid dienone is 1. The van der Waals surface area contributed by atoms with E-state index in [1.807, 2.05) is 19.9 Å². The van der Waals surface area contributed by atoms with Crippen molar-refractivity contribution in [3.05, 3.63) is 11.8 Å². The van der Waals surface area contributed by atoms with Gasteiger partial charge in [0.05, 0.1) is 13.1 Å². The van der Waals surface area contributed by atoms with E-state index in [0.717, 1.165) is 32.4 Å². The molecule has 0 spiro atoms. The molecule has 0 aromatic carbocycles. The van der Waals surface area contributed by atoms with Crippen molar-refractivity contribution in [2.75, 3.05) is 26.2 Å². The van der Waals surface area contributed by atoms with Crippen molar-refractivity contribution in [1.82, 2.24) is 0 Å². The summed E-state index contributed by atoms with van der Waals surface area (Å²) in [4.78, 5) is 10.9. The lowest BCUT2D eigenvalue weighted by Crippen LogP contribution is -2.52. The monoisotopic (exact) mass is 258 g/mol. The van der Waals surface area contributed by atoms with Gasteiger partial charge < -0.3 is 14.7 Å². The first-order chi connectivity index (χ1) is 8.49. The molecule has 4 heteroatoms. The minimum atomic E-state index is -0.808. The fourth-order valence-corrected chi connectivity index (χ4v) is 2.08. The average Bonchev–Trinajstić information content (AvgIpc) is 2.33. The summed E-state index contributed by atoms with van der Waals surface area (Å²) in [5.41, 5.74) is 0. The highest BCUT2D eigenvalue weighted by molar-refractivity contribution is 5.67. The molecule has 0 aliphatic rings. The molecule has 0 amide bonds. The smallest absolute Gasteiger partial charge is 0.359 e. The summed E-state index contributed by atoms with van der Waals surface area (Å²) >= 11 is 0. The summed E-state index contributed by atoms with van der Waals surface area (Å²) in [5.74, 6) is -0.478. The first kappa shape index (κ1) is 17.0. The molecule has 2 N–H and O–H groups in total. The van der Waals surface area contributed by atoms with Gasteiger partial charge in [0.2, 0.25) is 0 Å². The number of rotatable bonds is 10. The number of aliphatic hydroxyl groups excluding tert-OH is 1. The Morgan fingerprint density at radius 3 is 2.11 bits per heavy atom. The van der Waals surface area contributed by atoms with Crippen LogP contribution in [0.1, 0.15) is 46.5 Å². The Labute approximate surface area is 111 Å². The van der Waals surface area contributed by atoms with E-state index in [1.165, 1.54) is 6.42 Å². The van der Waals surface area contributed by atoms with Gasteiger partial charge in [-0.3, -0.25) is 0 Å². The minimum absolute atomic E-state index is 0.0693. The molecule has 106 valence electrons. The number of carboxylic acids is 1. The number of likely N-dealkylation sites (N-methyl/N-ethyl adjacent to an activating group) is 1.